The summed E-state index contributed by atoms with van der Waals surface area (Å²) in [6.07, 6.45) is -2.77. The van der Waals surface area contributed by atoms with Gasteiger partial charge in [-0.05, 0) is 18.2 Å². The molecule has 0 aliphatic carbocycles. The van der Waals surface area contributed by atoms with Crippen LogP contribution in [-0.2, 0) is 7.05 Å². The number of alkyl halides is 2. The number of aromatic nitrogens is 2. The van der Waals surface area contributed by atoms with Crippen LogP contribution in [0.2, 0.25) is 0 Å². The summed E-state index contributed by atoms with van der Waals surface area (Å²) in [7, 11) is 4.14. The molecule has 2 aromatic rings. The van der Waals surface area contributed by atoms with Crippen molar-refractivity contribution in [3.8, 4) is 22.8 Å². The van der Waals surface area contributed by atoms with Crippen LogP contribution < -0.4 is 9.47 Å². The van der Waals surface area contributed by atoms with Gasteiger partial charge in [0.2, 0.25) is 0 Å². The highest BCUT2D eigenvalue weighted by molar-refractivity contribution is 5.87. The number of aryl methyl sites for hydroxylation is 1. The summed E-state index contributed by atoms with van der Waals surface area (Å²) >= 11 is 0. The summed E-state index contributed by atoms with van der Waals surface area (Å²) in [6.45, 7) is 0. The lowest BCUT2D eigenvalue weighted by molar-refractivity contribution is 0.0689. The van der Waals surface area contributed by atoms with E-state index in [-0.39, 0.29) is 22.8 Å². The number of hydrogen-bond donors (Lipinski definition) is 1. The maximum atomic E-state index is 13.2. The molecule has 118 valence electrons. The largest absolute Gasteiger partial charge is 0.493 e. The maximum absolute atomic E-state index is 13.2. The van der Waals surface area contributed by atoms with Gasteiger partial charge in [0.1, 0.15) is 0 Å². The van der Waals surface area contributed by atoms with Crippen molar-refractivity contribution in [2.45, 2.75) is 6.43 Å². The minimum Gasteiger partial charge on any atom is -0.493 e. The molecule has 0 fully saturated rings. The minimum absolute atomic E-state index is 0.0538. The summed E-state index contributed by atoms with van der Waals surface area (Å²) in [5.74, 6) is -1.12. The number of nitrogens with zero attached hydrogens (tertiary/aromatic N) is 2. The van der Waals surface area contributed by atoms with Gasteiger partial charge in [-0.25, -0.2) is 13.6 Å². The highest BCUT2D eigenvalue weighted by atomic mass is 19.3. The van der Waals surface area contributed by atoms with Gasteiger partial charge in [-0.2, -0.15) is 5.10 Å². The average molecular weight is 312 g/mol. The first-order chi connectivity index (χ1) is 10.4. The minimum atomic E-state index is -2.77. The van der Waals surface area contributed by atoms with E-state index in [2.05, 4.69) is 5.10 Å². The average Bonchev–Trinajstić information content (AvgIpc) is 2.87. The highest BCUT2D eigenvalue weighted by Gasteiger charge is 2.22. The van der Waals surface area contributed by atoms with Crippen molar-refractivity contribution < 1.29 is 28.2 Å². The van der Waals surface area contributed by atoms with E-state index >= 15 is 0 Å². The smallest absolute Gasteiger partial charge is 0.356 e. The first kappa shape index (κ1) is 15.7. The number of hydrogen-bond acceptors (Lipinski definition) is 4. The third-order valence-electron chi connectivity index (χ3n) is 3.14. The number of carboxylic acids is 1. The Kier molecular flexibility index (Phi) is 4.30. The molecule has 0 aliphatic heterocycles. The second kappa shape index (κ2) is 6.00. The zero-order chi connectivity index (χ0) is 16.4. The molecule has 2 rings (SSSR count). The van der Waals surface area contributed by atoms with Gasteiger partial charge in [-0.3, -0.25) is 4.68 Å². The fourth-order valence-electron chi connectivity index (χ4n) is 2.15. The Balaban J connectivity index is 2.66. The van der Waals surface area contributed by atoms with Crippen LogP contribution in [0.3, 0.4) is 0 Å². The molecule has 0 amide bonds. The third kappa shape index (κ3) is 2.72. The molecule has 1 heterocycles. The van der Waals surface area contributed by atoms with Gasteiger partial charge >= 0.3 is 5.97 Å². The molecule has 0 saturated carbocycles. The quantitative estimate of drug-likeness (QED) is 0.919. The number of ether oxygens (including phenoxy) is 2. The molecule has 0 atom stereocenters. The molecule has 22 heavy (non-hydrogen) atoms. The van der Waals surface area contributed by atoms with Gasteiger partial charge in [0.05, 0.1) is 25.5 Å². The lowest BCUT2D eigenvalue weighted by Gasteiger charge is -2.14. The van der Waals surface area contributed by atoms with Crippen LogP contribution in [0.5, 0.6) is 11.5 Å². The molecule has 8 heteroatoms. The highest BCUT2D eigenvalue weighted by Crippen LogP contribution is 2.40. The lowest BCUT2D eigenvalue weighted by Crippen LogP contribution is -2.00. The predicted molar refractivity (Wildman–Crippen MR) is 73.7 cm³/mol. The number of rotatable bonds is 5. The zero-order valence-electron chi connectivity index (χ0n) is 12.1. The molecule has 6 nitrogen and oxygen atoms in total. The monoisotopic (exact) mass is 312 g/mol. The first-order valence-corrected chi connectivity index (χ1v) is 6.20. The molecule has 0 unspecified atom stereocenters. The Morgan fingerprint density at radius 3 is 2.41 bits per heavy atom. The van der Waals surface area contributed by atoms with Crippen molar-refractivity contribution in [1.82, 2.24) is 9.78 Å². The molecule has 1 aromatic heterocycles. The number of carbonyl (C=O) groups is 1. The molecule has 1 aromatic carbocycles. The van der Waals surface area contributed by atoms with Gasteiger partial charge in [-0.15, -0.1) is 0 Å². The number of carboxylic acid groups (broad SMARTS) is 1. The molecule has 0 aliphatic rings. The molecular weight excluding hydrogens is 298 g/mol. The van der Waals surface area contributed by atoms with Crippen molar-refractivity contribution in [3.63, 3.8) is 0 Å². The molecule has 0 bridgehead atoms. The second-order valence-corrected chi connectivity index (χ2v) is 4.45. The Bertz CT molecular complexity index is 713. The summed E-state index contributed by atoms with van der Waals surface area (Å²) in [5, 5.41) is 12.8. The van der Waals surface area contributed by atoms with E-state index in [0.29, 0.717) is 11.3 Å². The fourth-order valence-corrected chi connectivity index (χ4v) is 2.15. The second-order valence-electron chi connectivity index (χ2n) is 4.45. The third-order valence-corrected chi connectivity index (χ3v) is 3.14. The van der Waals surface area contributed by atoms with Crippen LogP contribution in [0.4, 0.5) is 8.78 Å². The molecular formula is C14H14F2N2O4. The molecule has 1 N–H and O–H groups in total. The van der Waals surface area contributed by atoms with Crippen LogP contribution in [-0.4, -0.2) is 35.1 Å². The summed E-state index contributed by atoms with van der Waals surface area (Å²) in [5.41, 5.74) is 0.219. The predicted octanol–water partition coefficient (Wildman–Crippen LogP) is 2.74. The number of aromatic carboxylic acids is 1. The SMILES string of the molecule is COc1cc(-c2cc(C(=O)O)nn2C)cc(C(F)F)c1OC. The van der Waals surface area contributed by atoms with Crippen molar-refractivity contribution in [3.05, 3.63) is 29.5 Å². The lowest BCUT2D eigenvalue weighted by atomic mass is 10.1. The first-order valence-electron chi connectivity index (χ1n) is 6.20. The Morgan fingerprint density at radius 2 is 1.95 bits per heavy atom. The van der Waals surface area contributed by atoms with E-state index in [1.807, 2.05) is 0 Å². The van der Waals surface area contributed by atoms with E-state index < -0.39 is 12.4 Å². The van der Waals surface area contributed by atoms with Crippen molar-refractivity contribution >= 4 is 5.97 Å². The summed E-state index contributed by atoms with van der Waals surface area (Å²) in [6, 6.07) is 4.03. The van der Waals surface area contributed by atoms with E-state index in [4.69, 9.17) is 14.6 Å². The van der Waals surface area contributed by atoms with Crippen LogP contribution >= 0.6 is 0 Å². The zero-order valence-corrected chi connectivity index (χ0v) is 12.1. The van der Waals surface area contributed by atoms with E-state index in [1.165, 1.54) is 44.1 Å². The van der Waals surface area contributed by atoms with Gasteiger partial charge in [0.15, 0.2) is 17.2 Å². The summed E-state index contributed by atoms with van der Waals surface area (Å²) < 4.78 is 37.8. The number of methoxy groups -OCH3 is 2. The standard InChI is InChI=1S/C14H14F2N2O4/c1-18-10(6-9(17-18)14(19)20)7-4-8(13(15)16)12(22-3)11(5-7)21-2/h4-6,13H,1-3H3,(H,19,20). The van der Waals surface area contributed by atoms with E-state index in [9.17, 15) is 13.6 Å². The van der Waals surface area contributed by atoms with Gasteiger partial charge < -0.3 is 14.6 Å². The van der Waals surface area contributed by atoms with Crippen LogP contribution in [0.15, 0.2) is 18.2 Å². The van der Waals surface area contributed by atoms with Gasteiger partial charge in [-0.1, -0.05) is 0 Å². The Morgan fingerprint density at radius 1 is 1.27 bits per heavy atom. The van der Waals surface area contributed by atoms with E-state index in [0.717, 1.165) is 0 Å². The van der Waals surface area contributed by atoms with Gasteiger partial charge in [0.25, 0.3) is 6.43 Å². The molecule has 0 spiro atoms. The van der Waals surface area contributed by atoms with Crippen LogP contribution in [0.25, 0.3) is 11.3 Å². The normalized spacial score (nSPS) is 10.8. The number of halogens is 2. The topological polar surface area (TPSA) is 73.6 Å². The number of benzene rings is 1. The maximum Gasteiger partial charge on any atom is 0.356 e. The van der Waals surface area contributed by atoms with Gasteiger partial charge in [0, 0.05) is 12.6 Å². The van der Waals surface area contributed by atoms with Crippen LogP contribution in [0, 0.1) is 0 Å². The Hall–Kier alpha value is -2.64. The molecule has 0 radical (unpaired) electrons. The van der Waals surface area contributed by atoms with Crippen molar-refractivity contribution in [2.75, 3.05) is 14.2 Å². The van der Waals surface area contributed by atoms with E-state index in [1.54, 1.807) is 0 Å². The summed E-state index contributed by atoms with van der Waals surface area (Å²) in [4.78, 5) is 11.0. The van der Waals surface area contributed by atoms with Crippen LogP contribution in [0.1, 0.15) is 22.5 Å². The fraction of sp³-hybridized carbons (Fsp3) is 0.286. The van der Waals surface area contributed by atoms with Crippen molar-refractivity contribution in [1.29, 1.82) is 0 Å². The van der Waals surface area contributed by atoms with Crippen molar-refractivity contribution in [2.24, 2.45) is 7.05 Å². The molecule has 0 saturated heterocycles. The Labute approximate surface area is 124 Å².